The maximum absolute atomic E-state index is 5.92. The van der Waals surface area contributed by atoms with E-state index < -0.39 is 0 Å². The van der Waals surface area contributed by atoms with Gasteiger partial charge in [0, 0.05) is 17.2 Å². The first-order chi connectivity index (χ1) is 11.2. The van der Waals surface area contributed by atoms with E-state index in [1.807, 2.05) is 55.5 Å². The second-order valence-corrected chi connectivity index (χ2v) is 5.68. The normalized spacial score (nSPS) is 14.0. The first-order valence-corrected chi connectivity index (χ1v) is 8.07. The standard InChI is InChI=1S/C20H18ClNO/c1-2-23-19-12-4-15(5-13-19)3-10-18-11-14-20(22-18)16-6-8-17(21)9-7-16/h3-10,12-14H,2,11H2,1H3/b10-3+. The highest BCUT2D eigenvalue weighted by molar-refractivity contribution is 6.30. The maximum atomic E-state index is 5.92. The highest BCUT2D eigenvalue weighted by atomic mass is 35.5. The molecule has 0 spiro atoms. The maximum Gasteiger partial charge on any atom is 0.119 e. The second kappa shape index (κ2) is 7.30. The molecule has 0 saturated carbocycles. The molecule has 0 unspecified atom stereocenters. The van der Waals surface area contributed by atoms with Crippen LogP contribution in [-0.4, -0.2) is 12.3 Å². The van der Waals surface area contributed by atoms with Gasteiger partial charge >= 0.3 is 0 Å². The lowest BCUT2D eigenvalue weighted by molar-refractivity contribution is 0.340. The second-order valence-electron chi connectivity index (χ2n) is 5.24. The first-order valence-electron chi connectivity index (χ1n) is 7.69. The van der Waals surface area contributed by atoms with Crippen LogP contribution in [-0.2, 0) is 0 Å². The lowest BCUT2D eigenvalue weighted by Crippen LogP contribution is -1.90. The van der Waals surface area contributed by atoms with E-state index in [4.69, 9.17) is 16.3 Å². The Morgan fingerprint density at radius 1 is 1.04 bits per heavy atom. The molecule has 2 aromatic rings. The van der Waals surface area contributed by atoms with Crippen LogP contribution in [0.4, 0.5) is 0 Å². The van der Waals surface area contributed by atoms with Crippen molar-refractivity contribution in [1.29, 1.82) is 0 Å². The molecule has 116 valence electrons. The molecule has 0 saturated heterocycles. The molecule has 0 bridgehead atoms. The third kappa shape index (κ3) is 4.11. The van der Waals surface area contributed by atoms with E-state index in [0.717, 1.165) is 39.7 Å². The van der Waals surface area contributed by atoms with Gasteiger partial charge in [-0.05, 0) is 48.4 Å². The smallest absolute Gasteiger partial charge is 0.119 e. The van der Waals surface area contributed by atoms with Crippen LogP contribution in [0.3, 0.4) is 0 Å². The summed E-state index contributed by atoms with van der Waals surface area (Å²) in [6.45, 7) is 2.67. The largest absolute Gasteiger partial charge is 0.494 e. The van der Waals surface area contributed by atoms with Crippen LogP contribution < -0.4 is 4.74 Å². The van der Waals surface area contributed by atoms with Crippen molar-refractivity contribution < 1.29 is 4.74 Å². The molecule has 3 heteroatoms. The molecule has 1 aliphatic heterocycles. The Bertz CT molecular complexity index is 755. The molecule has 1 aliphatic rings. The summed E-state index contributed by atoms with van der Waals surface area (Å²) in [6, 6.07) is 15.8. The first kappa shape index (κ1) is 15.6. The fraction of sp³-hybridized carbons (Fsp3) is 0.150. The van der Waals surface area contributed by atoms with Crippen LogP contribution in [0.25, 0.3) is 11.8 Å². The van der Waals surface area contributed by atoms with Gasteiger partial charge < -0.3 is 4.74 Å². The quantitative estimate of drug-likeness (QED) is 0.698. The summed E-state index contributed by atoms with van der Waals surface area (Å²) in [6.07, 6.45) is 7.13. The number of hydrogen-bond acceptors (Lipinski definition) is 2. The monoisotopic (exact) mass is 323 g/mol. The molecule has 2 nitrogen and oxygen atoms in total. The molecule has 0 fully saturated rings. The van der Waals surface area contributed by atoms with Crippen LogP contribution in [0.15, 0.2) is 65.7 Å². The zero-order chi connectivity index (χ0) is 16.1. The average molecular weight is 324 g/mol. The van der Waals surface area contributed by atoms with Crippen LogP contribution >= 0.6 is 11.6 Å². The van der Waals surface area contributed by atoms with Gasteiger partial charge in [-0.2, -0.15) is 0 Å². The molecule has 0 atom stereocenters. The Hall–Kier alpha value is -2.32. The van der Waals surface area contributed by atoms with Crippen LogP contribution in [0.2, 0.25) is 5.02 Å². The molecule has 23 heavy (non-hydrogen) atoms. The summed E-state index contributed by atoms with van der Waals surface area (Å²) >= 11 is 5.92. The van der Waals surface area contributed by atoms with Gasteiger partial charge in [-0.15, -0.1) is 0 Å². The number of hydrogen-bond donors (Lipinski definition) is 0. The van der Waals surface area contributed by atoms with E-state index in [9.17, 15) is 0 Å². The summed E-state index contributed by atoms with van der Waals surface area (Å²) < 4.78 is 5.44. The zero-order valence-corrected chi connectivity index (χ0v) is 13.8. The Kier molecular flexibility index (Phi) is 4.94. The summed E-state index contributed by atoms with van der Waals surface area (Å²) in [4.78, 5) is 4.67. The summed E-state index contributed by atoms with van der Waals surface area (Å²) in [5.74, 6) is 0.898. The van der Waals surface area contributed by atoms with Crippen molar-refractivity contribution >= 4 is 29.1 Å². The highest BCUT2D eigenvalue weighted by Crippen LogP contribution is 2.24. The van der Waals surface area contributed by atoms with Crippen molar-refractivity contribution in [3.8, 4) is 5.75 Å². The molecule has 0 radical (unpaired) electrons. The Morgan fingerprint density at radius 2 is 1.78 bits per heavy atom. The number of allylic oxidation sites excluding steroid dienone is 2. The van der Waals surface area contributed by atoms with Crippen molar-refractivity contribution in [2.75, 3.05) is 6.61 Å². The molecule has 2 aromatic carbocycles. The molecule has 0 N–H and O–H groups in total. The number of benzene rings is 2. The number of nitrogens with zero attached hydrogens (tertiary/aromatic N) is 1. The van der Waals surface area contributed by atoms with Gasteiger partial charge in [0.25, 0.3) is 0 Å². The van der Waals surface area contributed by atoms with Crippen molar-refractivity contribution in [3.63, 3.8) is 0 Å². The van der Waals surface area contributed by atoms with Gasteiger partial charge in [-0.25, -0.2) is 0 Å². The van der Waals surface area contributed by atoms with Crippen molar-refractivity contribution in [1.82, 2.24) is 0 Å². The predicted octanol–water partition coefficient (Wildman–Crippen LogP) is 5.64. The van der Waals surface area contributed by atoms with Gasteiger partial charge in [0.2, 0.25) is 0 Å². The molecule has 1 heterocycles. The third-order valence-electron chi connectivity index (χ3n) is 3.57. The van der Waals surface area contributed by atoms with Gasteiger partial charge in [0.05, 0.1) is 12.3 Å². The fourth-order valence-corrected chi connectivity index (χ4v) is 2.52. The summed E-state index contributed by atoms with van der Waals surface area (Å²) in [7, 11) is 0. The minimum Gasteiger partial charge on any atom is -0.494 e. The van der Waals surface area contributed by atoms with E-state index in [-0.39, 0.29) is 0 Å². The molecule has 3 rings (SSSR count). The molecular formula is C20H18ClNO. The zero-order valence-electron chi connectivity index (χ0n) is 13.0. The number of rotatable bonds is 5. The van der Waals surface area contributed by atoms with Crippen LogP contribution in [0.5, 0.6) is 5.75 Å². The van der Waals surface area contributed by atoms with Crippen molar-refractivity contribution in [2.24, 2.45) is 4.99 Å². The van der Waals surface area contributed by atoms with Crippen molar-refractivity contribution in [2.45, 2.75) is 13.3 Å². The minimum absolute atomic E-state index is 0.686. The van der Waals surface area contributed by atoms with E-state index >= 15 is 0 Å². The number of ether oxygens (including phenoxy) is 1. The van der Waals surface area contributed by atoms with Gasteiger partial charge in [-0.3, -0.25) is 4.99 Å². The van der Waals surface area contributed by atoms with E-state index in [1.54, 1.807) is 0 Å². The lowest BCUT2D eigenvalue weighted by Gasteiger charge is -2.02. The Balaban J connectivity index is 1.67. The summed E-state index contributed by atoms with van der Waals surface area (Å²) in [5.41, 5.74) is 4.30. The predicted molar refractivity (Wildman–Crippen MR) is 98.1 cm³/mol. The molecule has 0 aliphatic carbocycles. The number of aliphatic imine (C=N–C) groups is 1. The summed E-state index contributed by atoms with van der Waals surface area (Å²) in [5, 5.41) is 0.743. The molecule has 0 aromatic heterocycles. The number of halogens is 1. The third-order valence-corrected chi connectivity index (χ3v) is 3.82. The van der Waals surface area contributed by atoms with Crippen LogP contribution in [0, 0.1) is 0 Å². The van der Waals surface area contributed by atoms with Gasteiger partial charge in [0.1, 0.15) is 5.75 Å². The average Bonchev–Trinajstić information content (AvgIpc) is 3.04. The van der Waals surface area contributed by atoms with Gasteiger partial charge in [-0.1, -0.05) is 48.0 Å². The van der Waals surface area contributed by atoms with Gasteiger partial charge in [0.15, 0.2) is 0 Å². The van der Waals surface area contributed by atoms with E-state index in [2.05, 4.69) is 23.2 Å². The Labute approximate surface area is 141 Å². The molecular weight excluding hydrogens is 306 g/mol. The van der Waals surface area contributed by atoms with E-state index in [1.165, 1.54) is 0 Å². The van der Waals surface area contributed by atoms with E-state index in [0.29, 0.717) is 6.61 Å². The minimum atomic E-state index is 0.686. The SMILES string of the molecule is CCOc1ccc(/C=C/C2=NC(c3ccc(Cl)cc3)=CC2)cc1. The Morgan fingerprint density at radius 3 is 2.48 bits per heavy atom. The fourth-order valence-electron chi connectivity index (χ4n) is 2.39. The van der Waals surface area contributed by atoms with Crippen LogP contribution in [0.1, 0.15) is 24.5 Å². The van der Waals surface area contributed by atoms with Crippen molar-refractivity contribution in [3.05, 3.63) is 76.8 Å². The highest BCUT2D eigenvalue weighted by Gasteiger charge is 2.08. The molecule has 0 amide bonds. The topological polar surface area (TPSA) is 21.6 Å². The lowest BCUT2D eigenvalue weighted by atomic mass is 10.1.